The summed E-state index contributed by atoms with van der Waals surface area (Å²) in [4.78, 5) is 15.1. The third-order valence-corrected chi connectivity index (χ3v) is 2.18. The van der Waals surface area contributed by atoms with Crippen LogP contribution in [-0.2, 0) is 0 Å². The predicted octanol–water partition coefficient (Wildman–Crippen LogP) is 0.145. The lowest BCUT2D eigenvalue weighted by atomic mass is 10.2. The lowest BCUT2D eigenvalue weighted by Gasteiger charge is -2.02. The maximum Gasteiger partial charge on any atom is 0.252 e. The quantitative estimate of drug-likeness (QED) is 0.757. The van der Waals surface area contributed by atoms with E-state index in [1.54, 1.807) is 13.0 Å². The Hall–Kier alpha value is -2.11. The van der Waals surface area contributed by atoms with E-state index in [0.717, 1.165) is 0 Å². The van der Waals surface area contributed by atoms with Crippen molar-refractivity contribution in [2.24, 2.45) is 5.73 Å². The molecule has 0 radical (unpaired) electrons. The van der Waals surface area contributed by atoms with Gasteiger partial charge in [0, 0.05) is 12.3 Å². The summed E-state index contributed by atoms with van der Waals surface area (Å²) in [5.41, 5.74) is 6.82. The van der Waals surface area contributed by atoms with Gasteiger partial charge in [0.1, 0.15) is 0 Å². The minimum absolute atomic E-state index is 0.355. The Labute approximate surface area is 85.7 Å². The highest BCUT2D eigenvalue weighted by atomic mass is 16.5. The number of aromatic nitrogens is 3. The number of carbonyl (C=O) groups is 1. The Balaban J connectivity index is 2.72. The highest BCUT2D eigenvalue weighted by molar-refractivity contribution is 5.93. The van der Waals surface area contributed by atoms with Gasteiger partial charge in [-0.25, -0.2) is 9.50 Å². The average Bonchev–Trinajstić information content (AvgIpc) is 2.61. The molecule has 0 aliphatic rings. The minimum atomic E-state index is -0.517. The van der Waals surface area contributed by atoms with Gasteiger partial charge in [-0.2, -0.15) is 0 Å². The van der Waals surface area contributed by atoms with Crippen molar-refractivity contribution in [1.82, 2.24) is 14.6 Å². The van der Waals surface area contributed by atoms with Crippen LogP contribution in [-0.4, -0.2) is 27.6 Å². The van der Waals surface area contributed by atoms with E-state index in [1.165, 1.54) is 17.8 Å². The number of hydrogen-bond donors (Lipinski definition) is 1. The van der Waals surface area contributed by atoms with Crippen molar-refractivity contribution in [1.29, 1.82) is 0 Å². The molecule has 15 heavy (non-hydrogen) atoms. The molecule has 0 saturated heterocycles. The molecule has 6 heteroatoms. The highest BCUT2D eigenvalue weighted by Gasteiger charge is 2.11. The third kappa shape index (κ3) is 1.39. The maximum atomic E-state index is 11.1. The second-order valence-corrected chi connectivity index (χ2v) is 3.08. The molecule has 2 aromatic rings. The van der Waals surface area contributed by atoms with Crippen molar-refractivity contribution < 1.29 is 9.53 Å². The van der Waals surface area contributed by atoms with E-state index in [2.05, 4.69) is 10.1 Å². The van der Waals surface area contributed by atoms with Crippen molar-refractivity contribution in [3.63, 3.8) is 0 Å². The average molecular weight is 206 g/mol. The zero-order chi connectivity index (χ0) is 11.0. The summed E-state index contributed by atoms with van der Waals surface area (Å²) < 4.78 is 6.49. The van der Waals surface area contributed by atoms with Crippen LogP contribution in [0.25, 0.3) is 5.65 Å². The van der Waals surface area contributed by atoms with Crippen LogP contribution >= 0.6 is 0 Å². The molecule has 2 heterocycles. The van der Waals surface area contributed by atoms with Crippen molar-refractivity contribution >= 4 is 11.6 Å². The molecule has 0 unspecified atom stereocenters. The van der Waals surface area contributed by atoms with Gasteiger partial charge < -0.3 is 10.5 Å². The van der Waals surface area contributed by atoms with Crippen LogP contribution in [0.2, 0.25) is 0 Å². The molecule has 2 N–H and O–H groups in total. The number of amides is 1. The first kappa shape index (κ1) is 9.45. The van der Waals surface area contributed by atoms with E-state index < -0.39 is 5.91 Å². The summed E-state index contributed by atoms with van der Waals surface area (Å²) in [7, 11) is 1.52. The Morgan fingerprint density at radius 3 is 2.93 bits per heavy atom. The van der Waals surface area contributed by atoms with Crippen molar-refractivity contribution in [3.05, 3.63) is 23.5 Å². The van der Waals surface area contributed by atoms with Crippen molar-refractivity contribution in [2.45, 2.75) is 6.92 Å². The van der Waals surface area contributed by atoms with E-state index in [9.17, 15) is 4.79 Å². The summed E-state index contributed by atoms with van der Waals surface area (Å²) in [6.07, 6.45) is 1.44. The molecule has 1 amide bonds. The maximum absolute atomic E-state index is 11.1. The summed E-state index contributed by atoms with van der Waals surface area (Å²) in [6, 6.07) is 1.68. The van der Waals surface area contributed by atoms with Crippen LogP contribution in [0.3, 0.4) is 0 Å². The monoisotopic (exact) mass is 206 g/mol. The summed E-state index contributed by atoms with van der Waals surface area (Å²) in [6.45, 7) is 1.75. The Morgan fingerprint density at radius 1 is 1.60 bits per heavy atom. The fourth-order valence-corrected chi connectivity index (χ4v) is 1.37. The number of nitrogens with zero attached hydrogens (tertiary/aromatic N) is 3. The zero-order valence-corrected chi connectivity index (χ0v) is 8.39. The third-order valence-electron chi connectivity index (χ3n) is 2.18. The normalized spacial score (nSPS) is 10.5. The van der Waals surface area contributed by atoms with Crippen LogP contribution in [0.4, 0.5) is 0 Å². The van der Waals surface area contributed by atoms with Crippen LogP contribution in [0.1, 0.15) is 16.1 Å². The Morgan fingerprint density at radius 2 is 2.33 bits per heavy atom. The van der Waals surface area contributed by atoms with Gasteiger partial charge >= 0.3 is 0 Å². The standard InChI is InChI=1S/C9H10N4O2/c1-5-6(9(10)14)4-11-7-3-8(15-2)12-13(5)7/h3-4H,1-2H3,(H2,10,14). The van der Waals surface area contributed by atoms with E-state index in [1.807, 2.05) is 0 Å². The first-order valence-electron chi connectivity index (χ1n) is 4.32. The lowest BCUT2D eigenvalue weighted by Crippen LogP contribution is -2.15. The SMILES string of the molecule is COc1cc2ncc(C(N)=O)c(C)n2n1. The smallest absolute Gasteiger partial charge is 0.252 e. The first-order valence-corrected chi connectivity index (χ1v) is 4.32. The number of primary amides is 1. The second kappa shape index (κ2) is 3.23. The largest absolute Gasteiger partial charge is 0.480 e. The van der Waals surface area contributed by atoms with Gasteiger partial charge in [-0.1, -0.05) is 0 Å². The molecule has 0 fully saturated rings. The molecule has 0 aromatic carbocycles. The second-order valence-electron chi connectivity index (χ2n) is 3.08. The molecule has 0 bridgehead atoms. The van der Waals surface area contributed by atoms with Crippen molar-refractivity contribution in [2.75, 3.05) is 7.11 Å². The number of methoxy groups -OCH3 is 1. The Kier molecular flexibility index (Phi) is 2.03. The summed E-state index contributed by atoms with van der Waals surface area (Å²) >= 11 is 0. The predicted molar refractivity (Wildman–Crippen MR) is 52.8 cm³/mol. The molecular formula is C9H10N4O2. The van der Waals surface area contributed by atoms with Gasteiger partial charge in [-0.15, -0.1) is 5.10 Å². The van der Waals surface area contributed by atoms with Gasteiger partial charge in [-0.05, 0) is 6.92 Å². The minimum Gasteiger partial charge on any atom is -0.480 e. The molecular weight excluding hydrogens is 196 g/mol. The van der Waals surface area contributed by atoms with Gasteiger partial charge in [0.25, 0.3) is 5.91 Å². The number of nitrogens with two attached hydrogens (primary N) is 1. The molecule has 0 spiro atoms. The summed E-state index contributed by atoms with van der Waals surface area (Å²) in [5, 5.41) is 4.10. The molecule has 2 aromatic heterocycles. The molecule has 0 aliphatic heterocycles. The number of hydrogen-bond acceptors (Lipinski definition) is 4. The van der Waals surface area contributed by atoms with E-state index in [-0.39, 0.29) is 0 Å². The zero-order valence-electron chi connectivity index (χ0n) is 8.39. The van der Waals surface area contributed by atoms with Crippen molar-refractivity contribution in [3.8, 4) is 5.88 Å². The lowest BCUT2D eigenvalue weighted by molar-refractivity contribution is 0.0998. The summed E-state index contributed by atoms with van der Waals surface area (Å²) in [5.74, 6) is -0.0661. The fraction of sp³-hybridized carbons (Fsp3) is 0.222. The Bertz CT molecular complexity index is 532. The topological polar surface area (TPSA) is 82.5 Å². The number of rotatable bonds is 2. The van der Waals surface area contributed by atoms with E-state index in [4.69, 9.17) is 10.5 Å². The molecule has 6 nitrogen and oxygen atoms in total. The fourth-order valence-electron chi connectivity index (χ4n) is 1.37. The molecule has 78 valence electrons. The molecule has 0 atom stereocenters. The number of carbonyl (C=O) groups excluding carboxylic acids is 1. The van der Waals surface area contributed by atoms with E-state index >= 15 is 0 Å². The highest BCUT2D eigenvalue weighted by Crippen LogP contribution is 2.14. The van der Waals surface area contributed by atoms with Crippen LogP contribution in [0, 0.1) is 6.92 Å². The van der Waals surface area contributed by atoms with Crippen LogP contribution in [0.15, 0.2) is 12.3 Å². The van der Waals surface area contributed by atoms with Crippen LogP contribution in [0.5, 0.6) is 5.88 Å². The van der Waals surface area contributed by atoms with E-state index in [0.29, 0.717) is 22.8 Å². The van der Waals surface area contributed by atoms with Gasteiger partial charge in [0.05, 0.1) is 18.4 Å². The number of fused-ring (bicyclic) bond motifs is 1. The number of ether oxygens (including phenoxy) is 1. The molecule has 0 saturated carbocycles. The molecule has 0 aliphatic carbocycles. The molecule has 2 rings (SSSR count). The van der Waals surface area contributed by atoms with Crippen LogP contribution < -0.4 is 10.5 Å². The van der Waals surface area contributed by atoms with Gasteiger partial charge in [0.15, 0.2) is 5.65 Å². The number of aryl methyl sites for hydroxylation is 1. The first-order chi connectivity index (χ1) is 7.13. The van der Waals surface area contributed by atoms with Gasteiger partial charge in [-0.3, -0.25) is 4.79 Å². The van der Waals surface area contributed by atoms with Gasteiger partial charge in [0.2, 0.25) is 5.88 Å².